The standard InChI is InChI=1S/C23H28FN3O3S/c1-23(2,3)22-26-18-11-16(31(29,30)20-12-21(28)25-13-17(20)24)9-10-19(18)27(22)14-15-7-5-4-6-8-15/h9-13,15H,4-8,14H2,1-3H3,(H,25,28). The lowest BCUT2D eigenvalue weighted by atomic mass is 9.88. The SMILES string of the molecule is CC(C)(C)c1nc2cc(S(=O)(=O)c3cc(=O)[nH]cc3F)ccc2n1CC1CCCCC1. The lowest BCUT2D eigenvalue weighted by Crippen LogP contribution is -2.22. The largest absolute Gasteiger partial charge is 0.327 e. The number of halogens is 1. The molecule has 1 saturated carbocycles. The summed E-state index contributed by atoms with van der Waals surface area (Å²) in [5.41, 5.74) is 0.548. The Morgan fingerprint density at radius 2 is 1.87 bits per heavy atom. The molecule has 0 bridgehead atoms. The Labute approximate surface area is 181 Å². The molecule has 0 radical (unpaired) electrons. The van der Waals surface area contributed by atoms with Crippen LogP contribution in [0.15, 0.2) is 45.0 Å². The normalized spacial score (nSPS) is 16.1. The molecular weight excluding hydrogens is 417 g/mol. The highest BCUT2D eigenvalue weighted by Gasteiger charge is 2.28. The number of H-pyrrole nitrogens is 1. The molecule has 1 aliphatic carbocycles. The molecule has 1 aromatic carbocycles. The van der Waals surface area contributed by atoms with E-state index in [0.29, 0.717) is 11.4 Å². The minimum Gasteiger partial charge on any atom is -0.327 e. The molecule has 0 unspecified atom stereocenters. The third kappa shape index (κ3) is 4.18. The molecule has 6 nitrogen and oxygen atoms in total. The van der Waals surface area contributed by atoms with Crippen LogP contribution in [0.1, 0.15) is 58.7 Å². The van der Waals surface area contributed by atoms with Gasteiger partial charge in [0, 0.05) is 24.2 Å². The average molecular weight is 446 g/mol. The van der Waals surface area contributed by atoms with E-state index in [1.165, 1.54) is 44.2 Å². The third-order valence-corrected chi connectivity index (χ3v) is 7.76. The molecule has 0 aliphatic heterocycles. The van der Waals surface area contributed by atoms with Crippen LogP contribution in [0.4, 0.5) is 4.39 Å². The molecule has 31 heavy (non-hydrogen) atoms. The van der Waals surface area contributed by atoms with Crippen LogP contribution in [0.2, 0.25) is 0 Å². The minimum absolute atomic E-state index is 0.0766. The first-order chi connectivity index (χ1) is 14.6. The summed E-state index contributed by atoms with van der Waals surface area (Å²) in [6, 6.07) is 5.48. The van der Waals surface area contributed by atoms with Crippen molar-refractivity contribution >= 4 is 20.9 Å². The molecule has 1 fully saturated rings. The van der Waals surface area contributed by atoms with Crippen LogP contribution in [0.5, 0.6) is 0 Å². The van der Waals surface area contributed by atoms with Gasteiger partial charge in [0.15, 0.2) is 5.82 Å². The summed E-state index contributed by atoms with van der Waals surface area (Å²) in [6.45, 7) is 7.14. The van der Waals surface area contributed by atoms with Gasteiger partial charge in [0.1, 0.15) is 10.7 Å². The molecule has 2 aromatic heterocycles. The number of benzene rings is 1. The molecule has 2 heterocycles. The van der Waals surface area contributed by atoms with E-state index in [1.54, 1.807) is 6.07 Å². The monoisotopic (exact) mass is 445 g/mol. The number of hydrogen-bond acceptors (Lipinski definition) is 4. The number of aromatic amines is 1. The van der Waals surface area contributed by atoms with Crippen LogP contribution >= 0.6 is 0 Å². The molecule has 0 spiro atoms. The van der Waals surface area contributed by atoms with Gasteiger partial charge < -0.3 is 9.55 Å². The summed E-state index contributed by atoms with van der Waals surface area (Å²) in [7, 11) is -4.19. The molecule has 0 amide bonds. The van der Waals surface area contributed by atoms with Crippen molar-refractivity contribution < 1.29 is 12.8 Å². The fraction of sp³-hybridized carbons (Fsp3) is 0.478. The summed E-state index contributed by atoms with van der Waals surface area (Å²) >= 11 is 0. The second kappa shape index (κ2) is 7.89. The third-order valence-electron chi connectivity index (χ3n) is 5.99. The van der Waals surface area contributed by atoms with Crippen molar-refractivity contribution in [2.24, 2.45) is 5.92 Å². The topological polar surface area (TPSA) is 84.8 Å². The van der Waals surface area contributed by atoms with E-state index in [-0.39, 0.29) is 10.3 Å². The number of sulfone groups is 1. The van der Waals surface area contributed by atoms with Crippen LogP contribution in [-0.4, -0.2) is 23.0 Å². The van der Waals surface area contributed by atoms with E-state index in [1.807, 2.05) is 0 Å². The van der Waals surface area contributed by atoms with Gasteiger partial charge in [0.05, 0.1) is 15.9 Å². The number of nitrogens with one attached hydrogen (secondary N) is 1. The number of aromatic nitrogens is 3. The van der Waals surface area contributed by atoms with Crippen LogP contribution < -0.4 is 5.56 Å². The van der Waals surface area contributed by atoms with Gasteiger partial charge in [0.25, 0.3) is 0 Å². The summed E-state index contributed by atoms with van der Waals surface area (Å²) < 4.78 is 42.5. The predicted octanol–water partition coefficient (Wildman–Crippen LogP) is 4.57. The van der Waals surface area contributed by atoms with Gasteiger partial charge in [0.2, 0.25) is 15.4 Å². The summed E-state index contributed by atoms with van der Waals surface area (Å²) in [4.78, 5) is 17.8. The van der Waals surface area contributed by atoms with Crippen molar-refractivity contribution in [3.05, 3.63) is 52.5 Å². The maximum atomic E-state index is 14.2. The second-order valence-electron chi connectivity index (χ2n) is 9.46. The van der Waals surface area contributed by atoms with Crippen molar-refractivity contribution in [3.63, 3.8) is 0 Å². The molecule has 0 atom stereocenters. The quantitative estimate of drug-likeness (QED) is 0.637. The van der Waals surface area contributed by atoms with Crippen LogP contribution in [0, 0.1) is 11.7 Å². The highest BCUT2D eigenvalue weighted by atomic mass is 32.2. The Bertz CT molecular complexity index is 1280. The molecule has 1 aliphatic rings. The molecule has 3 aromatic rings. The predicted molar refractivity (Wildman–Crippen MR) is 117 cm³/mol. The van der Waals surface area contributed by atoms with Crippen LogP contribution in [0.25, 0.3) is 11.0 Å². The summed E-state index contributed by atoms with van der Waals surface area (Å²) in [6.07, 6.45) is 6.92. The van der Waals surface area contributed by atoms with Gasteiger partial charge in [-0.1, -0.05) is 40.0 Å². The van der Waals surface area contributed by atoms with Gasteiger partial charge in [-0.15, -0.1) is 0 Å². The van der Waals surface area contributed by atoms with E-state index >= 15 is 0 Å². The van der Waals surface area contributed by atoms with E-state index in [2.05, 4.69) is 30.3 Å². The number of rotatable bonds is 4. The first-order valence-corrected chi connectivity index (χ1v) is 12.2. The molecule has 1 N–H and O–H groups in total. The zero-order valence-electron chi connectivity index (χ0n) is 18.1. The molecule has 8 heteroatoms. The van der Waals surface area contributed by atoms with Crippen LogP contribution in [0.3, 0.4) is 0 Å². The Hall–Kier alpha value is -2.48. The smallest absolute Gasteiger partial charge is 0.249 e. The van der Waals surface area contributed by atoms with E-state index in [4.69, 9.17) is 4.98 Å². The van der Waals surface area contributed by atoms with Crippen molar-refractivity contribution in [2.75, 3.05) is 0 Å². The highest BCUT2D eigenvalue weighted by Crippen LogP contribution is 2.33. The van der Waals surface area contributed by atoms with Crippen molar-refractivity contribution in [3.8, 4) is 0 Å². The first-order valence-electron chi connectivity index (χ1n) is 10.7. The maximum absolute atomic E-state index is 14.2. The Morgan fingerprint density at radius 3 is 2.55 bits per heavy atom. The molecule has 4 rings (SSSR count). The number of hydrogen-bond donors (Lipinski definition) is 1. The van der Waals surface area contributed by atoms with Crippen molar-refractivity contribution in [2.45, 2.75) is 74.6 Å². The van der Waals surface area contributed by atoms with E-state index in [0.717, 1.165) is 30.1 Å². The van der Waals surface area contributed by atoms with E-state index < -0.39 is 26.1 Å². The number of imidazole rings is 1. The van der Waals surface area contributed by atoms with Gasteiger partial charge in [-0.3, -0.25) is 4.79 Å². The first kappa shape index (κ1) is 21.7. The number of fused-ring (bicyclic) bond motifs is 1. The van der Waals surface area contributed by atoms with Gasteiger partial charge in [-0.2, -0.15) is 0 Å². The second-order valence-corrected chi connectivity index (χ2v) is 11.4. The number of pyridine rings is 1. The van der Waals surface area contributed by atoms with Gasteiger partial charge in [-0.05, 0) is 37.0 Å². The molecule has 0 saturated heterocycles. The Morgan fingerprint density at radius 1 is 1.16 bits per heavy atom. The zero-order valence-corrected chi connectivity index (χ0v) is 18.9. The molecule has 166 valence electrons. The van der Waals surface area contributed by atoms with E-state index in [9.17, 15) is 17.6 Å². The Balaban J connectivity index is 1.82. The lowest BCUT2D eigenvalue weighted by Gasteiger charge is -2.26. The lowest BCUT2D eigenvalue weighted by molar-refractivity contribution is 0.313. The van der Waals surface area contributed by atoms with Crippen LogP contribution in [-0.2, 0) is 21.8 Å². The summed E-state index contributed by atoms with van der Waals surface area (Å²) in [5, 5.41) is 0. The highest BCUT2D eigenvalue weighted by molar-refractivity contribution is 7.91. The minimum atomic E-state index is -4.19. The summed E-state index contributed by atoms with van der Waals surface area (Å²) in [5.74, 6) is 0.503. The van der Waals surface area contributed by atoms with Gasteiger partial charge >= 0.3 is 0 Å². The zero-order chi connectivity index (χ0) is 22.4. The Kier molecular flexibility index (Phi) is 5.54. The number of nitrogens with zero attached hydrogens (tertiary/aromatic N) is 2. The van der Waals surface area contributed by atoms with Crippen molar-refractivity contribution in [1.82, 2.24) is 14.5 Å². The average Bonchev–Trinajstić information content (AvgIpc) is 3.09. The molecular formula is C23H28FN3O3S. The fourth-order valence-corrected chi connectivity index (χ4v) is 5.78. The van der Waals surface area contributed by atoms with Crippen molar-refractivity contribution in [1.29, 1.82) is 0 Å². The van der Waals surface area contributed by atoms with Gasteiger partial charge in [-0.25, -0.2) is 17.8 Å². The maximum Gasteiger partial charge on any atom is 0.249 e. The fourth-order valence-electron chi connectivity index (χ4n) is 4.43.